The van der Waals surface area contributed by atoms with Crippen LogP contribution in [0.15, 0.2) is 30.3 Å². The maximum atomic E-state index is 9.58. The van der Waals surface area contributed by atoms with Crippen LogP contribution in [0.1, 0.15) is 62.4 Å². The van der Waals surface area contributed by atoms with E-state index in [1.54, 1.807) is 5.56 Å². The Bertz CT molecular complexity index is 846. The Kier molecular flexibility index (Phi) is 13.5. The zero-order chi connectivity index (χ0) is 24.5. The average molecular weight is 716 g/mol. The predicted octanol–water partition coefficient (Wildman–Crippen LogP) is 5.82. The Labute approximate surface area is 232 Å². The Balaban J connectivity index is 0.000000804. The first-order valence-electron chi connectivity index (χ1n) is 12.5. The van der Waals surface area contributed by atoms with Crippen LogP contribution in [0.5, 0.6) is 0 Å². The van der Waals surface area contributed by atoms with Crippen LogP contribution >= 0.6 is 0 Å². The molecule has 1 aromatic heterocycles. The van der Waals surface area contributed by atoms with E-state index in [-0.39, 0.29) is 31.1 Å². The zero-order valence-electron chi connectivity index (χ0n) is 21.2. The second-order valence-corrected chi connectivity index (χ2v) is 9.36. The third-order valence-electron chi connectivity index (χ3n) is 6.91. The van der Waals surface area contributed by atoms with Crippen molar-refractivity contribution in [3.05, 3.63) is 60.0 Å². The molecule has 0 spiro atoms. The number of likely N-dealkylation sites (tertiary alicyclic amines) is 1. The van der Waals surface area contributed by atoms with Gasteiger partial charge in [-0.05, 0) is 55.8 Å². The quantitative estimate of drug-likeness (QED) is 0.338. The molecule has 0 saturated carbocycles. The summed E-state index contributed by atoms with van der Waals surface area (Å²) in [5.74, 6) is 1.20. The molecule has 2 aliphatic rings. The minimum atomic E-state index is -3.08. The molecule has 2 fully saturated rings. The molecule has 0 N–H and O–H groups in total. The summed E-state index contributed by atoms with van der Waals surface area (Å²) in [5.41, 5.74) is 5.84. The molecule has 3 heterocycles. The molecule has 2 saturated heterocycles. The molecule has 192 valence electrons. The van der Waals surface area contributed by atoms with Gasteiger partial charge in [0.15, 0.2) is 6.68 Å². The van der Waals surface area contributed by atoms with Gasteiger partial charge in [-0.15, -0.1) is 12.1 Å². The van der Waals surface area contributed by atoms with Gasteiger partial charge in [0.25, 0.3) is 0 Å². The number of nitrogens with zero attached hydrogens (tertiary/aromatic N) is 3. The van der Waals surface area contributed by atoms with E-state index in [9.17, 15) is 13.2 Å². The predicted molar refractivity (Wildman–Crippen MR) is 130 cm³/mol. The number of halogens is 3. The van der Waals surface area contributed by atoms with Crippen LogP contribution in [-0.2, 0) is 11.2 Å². The van der Waals surface area contributed by atoms with Gasteiger partial charge < -0.3 is 27.4 Å². The van der Waals surface area contributed by atoms with Crippen LogP contribution in [0.3, 0.4) is 0 Å². The number of morpholine rings is 1. The fourth-order valence-corrected chi connectivity index (χ4v) is 5.14. The van der Waals surface area contributed by atoms with Crippen molar-refractivity contribution in [3.8, 4) is 5.69 Å². The molecular formula is C27H38F3N3OU. The van der Waals surface area contributed by atoms with E-state index >= 15 is 0 Å². The Morgan fingerprint density at radius 1 is 1.00 bits per heavy atom. The topological polar surface area (TPSA) is 20.6 Å². The molecule has 8 heteroatoms. The molecule has 4 nitrogen and oxygen atoms in total. The number of aromatic nitrogens is 1. The molecule has 4 rings (SSSR count). The molecule has 0 atom stereocenters. The van der Waals surface area contributed by atoms with Crippen molar-refractivity contribution in [3.63, 3.8) is 0 Å². The van der Waals surface area contributed by atoms with E-state index in [2.05, 4.69) is 59.4 Å². The number of rotatable bonds is 7. The average Bonchev–Trinajstić information content (AvgIpc) is 3.24. The number of benzene rings is 1. The van der Waals surface area contributed by atoms with Crippen LogP contribution in [0.25, 0.3) is 5.69 Å². The molecule has 0 unspecified atom stereocenters. The van der Waals surface area contributed by atoms with Crippen LogP contribution in [-0.4, -0.2) is 66.8 Å². The molecule has 0 aliphatic carbocycles. The third-order valence-corrected chi connectivity index (χ3v) is 6.91. The summed E-state index contributed by atoms with van der Waals surface area (Å²) in [6.45, 7) is 12.7. The first-order chi connectivity index (χ1) is 16.4. The minimum absolute atomic E-state index is 0. The molecule has 2 aliphatic heterocycles. The van der Waals surface area contributed by atoms with E-state index in [0.29, 0.717) is 11.8 Å². The standard InChI is InChI=1S/C26H38N3O.CF3.U/c1-4-25-24(20-26(21(2)3)29(25)23-8-6-5-7-9-23)22-10-12-27(13-11-22)14-15-28-16-18-30-19-17-28;2-1(3)4;/h6-9,20-22H,4,10-19H2,1-3H3;;/q2*-1;+2. The van der Waals surface area contributed by atoms with Crippen molar-refractivity contribution in [2.24, 2.45) is 0 Å². The van der Waals surface area contributed by atoms with Gasteiger partial charge in [0.2, 0.25) is 0 Å². The molecular weight excluding hydrogens is 677 g/mol. The van der Waals surface area contributed by atoms with Gasteiger partial charge in [-0.2, -0.15) is 18.2 Å². The van der Waals surface area contributed by atoms with Gasteiger partial charge in [0, 0.05) is 37.6 Å². The summed E-state index contributed by atoms with van der Waals surface area (Å²) >= 11 is 0. The van der Waals surface area contributed by atoms with Gasteiger partial charge in [-0.3, -0.25) is 4.90 Å². The number of ether oxygens (including phenoxy) is 1. The maximum absolute atomic E-state index is 9.58. The number of piperidine rings is 1. The van der Waals surface area contributed by atoms with E-state index in [1.807, 2.05) is 12.1 Å². The SMILES string of the molecule is CCc1c(C2CCN(CCN3CCOCC3)CC2)cc(C(C)C)n1-c1cc[c-]cc1.F[C-](F)F.[U+2]. The van der Waals surface area contributed by atoms with E-state index < -0.39 is 6.68 Å². The van der Waals surface area contributed by atoms with Crippen molar-refractivity contribution in [2.75, 3.05) is 52.5 Å². The summed E-state index contributed by atoms with van der Waals surface area (Å²) in [6.07, 6.45) is 3.64. The zero-order valence-corrected chi connectivity index (χ0v) is 25.4. The first kappa shape index (κ1) is 30.4. The number of hydrogen-bond donors (Lipinski definition) is 0. The molecule has 2 aromatic rings. The largest absolute Gasteiger partial charge is 2.00 e. The Morgan fingerprint density at radius 2 is 1.54 bits per heavy atom. The van der Waals surface area contributed by atoms with Gasteiger partial charge >= 0.3 is 31.1 Å². The van der Waals surface area contributed by atoms with E-state index in [0.717, 1.165) is 32.7 Å². The van der Waals surface area contributed by atoms with Crippen molar-refractivity contribution in [1.29, 1.82) is 0 Å². The second kappa shape index (κ2) is 15.5. The summed E-state index contributed by atoms with van der Waals surface area (Å²) in [4.78, 5) is 5.22. The van der Waals surface area contributed by atoms with Crippen LogP contribution in [0, 0.1) is 43.9 Å². The molecule has 35 heavy (non-hydrogen) atoms. The van der Waals surface area contributed by atoms with Crippen LogP contribution in [0.4, 0.5) is 13.2 Å². The summed E-state index contributed by atoms with van der Waals surface area (Å²) in [5, 5.41) is 0. The minimum Gasteiger partial charge on any atom is -0.385 e. The molecule has 0 bridgehead atoms. The fourth-order valence-electron chi connectivity index (χ4n) is 5.14. The summed E-state index contributed by atoms with van der Waals surface area (Å²) in [6, 6.07) is 14.2. The van der Waals surface area contributed by atoms with E-state index in [1.165, 1.54) is 56.1 Å². The first-order valence-corrected chi connectivity index (χ1v) is 12.5. The third kappa shape index (κ3) is 8.93. The molecule has 0 amide bonds. The second-order valence-electron chi connectivity index (χ2n) is 9.36. The van der Waals surface area contributed by atoms with Gasteiger partial charge in [0.05, 0.1) is 13.2 Å². The summed E-state index contributed by atoms with van der Waals surface area (Å²) < 4.78 is 36.8. The maximum Gasteiger partial charge on any atom is 2.00 e. The van der Waals surface area contributed by atoms with E-state index in [4.69, 9.17) is 4.74 Å². The van der Waals surface area contributed by atoms with Crippen molar-refractivity contribution >= 4 is 0 Å². The van der Waals surface area contributed by atoms with Crippen molar-refractivity contribution < 1.29 is 49.0 Å². The monoisotopic (exact) mass is 715 g/mol. The van der Waals surface area contributed by atoms with Gasteiger partial charge in [-0.1, -0.05) is 26.5 Å². The Hall–Kier alpha value is -0.778. The smallest absolute Gasteiger partial charge is 0.385 e. The normalized spacial score (nSPS) is 17.8. The van der Waals surface area contributed by atoms with Crippen LogP contribution < -0.4 is 0 Å². The molecule has 0 radical (unpaired) electrons. The van der Waals surface area contributed by atoms with Crippen LogP contribution in [0.2, 0.25) is 0 Å². The molecule has 1 aromatic carbocycles. The Morgan fingerprint density at radius 3 is 2.06 bits per heavy atom. The van der Waals surface area contributed by atoms with Gasteiger partial charge in [0.1, 0.15) is 0 Å². The fraction of sp³-hybridized carbons (Fsp3) is 0.593. The van der Waals surface area contributed by atoms with Crippen molar-refractivity contribution in [1.82, 2.24) is 14.4 Å². The number of hydrogen-bond acceptors (Lipinski definition) is 3. The van der Waals surface area contributed by atoms with Crippen molar-refractivity contribution in [2.45, 2.75) is 51.9 Å². The summed E-state index contributed by atoms with van der Waals surface area (Å²) in [7, 11) is 0. The van der Waals surface area contributed by atoms with Gasteiger partial charge in [-0.25, -0.2) is 0 Å².